The average molecular weight is 485 g/mol. The van der Waals surface area contributed by atoms with Gasteiger partial charge in [0, 0.05) is 11.6 Å². The van der Waals surface area contributed by atoms with Crippen molar-refractivity contribution in [3.05, 3.63) is 52.5 Å². The zero-order chi connectivity index (χ0) is 20.1. The van der Waals surface area contributed by atoms with Crippen LogP contribution in [0.15, 0.2) is 51.8 Å². The number of ether oxygens (including phenoxy) is 1. The second kappa shape index (κ2) is 9.19. The van der Waals surface area contributed by atoms with E-state index in [-0.39, 0.29) is 16.8 Å². The zero-order valence-electron chi connectivity index (χ0n) is 15.3. The SMILES string of the molecule is COc1ccc(NS(=O)(=O)c2cccc(C(=O)NC3CCSCC3)c2)cc1Br. The molecule has 0 radical (unpaired) electrons. The summed E-state index contributed by atoms with van der Waals surface area (Å²) in [6.45, 7) is 0. The van der Waals surface area contributed by atoms with Crippen LogP contribution >= 0.6 is 27.7 Å². The van der Waals surface area contributed by atoms with Gasteiger partial charge < -0.3 is 10.1 Å². The summed E-state index contributed by atoms with van der Waals surface area (Å²) in [7, 11) is -2.30. The molecule has 1 amide bonds. The highest BCUT2D eigenvalue weighted by Gasteiger charge is 2.20. The minimum Gasteiger partial charge on any atom is -0.496 e. The van der Waals surface area contributed by atoms with E-state index in [1.165, 1.54) is 19.2 Å². The summed E-state index contributed by atoms with van der Waals surface area (Å²) in [6, 6.07) is 11.1. The molecule has 0 spiro atoms. The van der Waals surface area contributed by atoms with Crippen LogP contribution in [0.4, 0.5) is 5.69 Å². The van der Waals surface area contributed by atoms with E-state index in [4.69, 9.17) is 4.74 Å². The van der Waals surface area contributed by atoms with E-state index in [9.17, 15) is 13.2 Å². The summed E-state index contributed by atoms with van der Waals surface area (Å²) >= 11 is 5.22. The Labute approximate surface area is 177 Å². The van der Waals surface area contributed by atoms with Gasteiger partial charge in [-0.25, -0.2) is 8.42 Å². The van der Waals surface area contributed by atoms with Gasteiger partial charge in [0.1, 0.15) is 5.75 Å². The lowest BCUT2D eigenvalue weighted by Gasteiger charge is -2.22. The molecule has 28 heavy (non-hydrogen) atoms. The number of halogens is 1. The fraction of sp³-hybridized carbons (Fsp3) is 0.316. The number of rotatable bonds is 6. The normalized spacial score (nSPS) is 15.1. The van der Waals surface area contributed by atoms with Gasteiger partial charge in [0.25, 0.3) is 15.9 Å². The fourth-order valence-corrected chi connectivity index (χ4v) is 5.60. The van der Waals surface area contributed by atoms with Gasteiger partial charge in [-0.1, -0.05) is 6.07 Å². The second-order valence-electron chi connectivity index (χ2n) is 6.34. The number of carbonyl (C=O) groups is 1. The molecule has 0 aromatic heterocycles. The van der Waals surface area contributed by atoms with Crippen molar-refractivity contribution in [3.63, 3.8) is 0 Å². The van der Waals surface area contributed by atoms with Crippen molar-refractivity contribution in [1.82, 2.24) is 5.32 Å². The molecule has 0 saturated carbocycles. The van der Waals surface area contributed by atoms with Crippen molar-refractivity contribution in [3.8, 4) is 5.75 Å². The number of carbonyl (C=O) groups excluding carboxylic acids is 1. The van der Waals surface area contributed by atoms with Crippen molar-refractivity contribution in [2.45, 2.75) is 23.8 Å². The highest BCUT2D eigenvalue weighted by molar-refractivity contribution is 9.10. The summed E-state index contributed by atoms with van der Waals surface area (Å²) in [5.41, 5.74) is 0.722. The number of methoxy groups -OCH3 is 1. The van der Waals surface area contributed by atoms with Crippen LogP contribution < -0.4 is 14.8 Å². The molecular formula is C19H21BrN2O4S2. The van der Waals surface area contributed by atoms with Crippen molar-refractivity contribution in [2.75, 3.05) is 23.3 Å². The Balaban J connectivity index is 1.76. The Morgan fingerprint density at radius 1 is 1.18 bits per heavy atom. The third-order valence-electron chi connectivity index (χ3n) is 4.37. The molecular weight excluding hydrogens is 464 g/mol. The minimum absolute atomic E-state index is 0.0336. The molecule has 150 valence electrons. The first-order valence-corrected chi connectivity index (χ1v) is 12.2. The average Bonchev–Trinajstić information content (AvgIpc) is 2.69. The number of nitrogens with one attached hydrogen (secondary N) is 2. The van der Waals surface area contributed by atoms with Gasteiger partial charge in [-0.2, -0.15) is 11.8 Å². The Morgan fingerprint density at radius 2 is 1.93 bits per heavy atom. The van der Waals surface area contributed by atoms with Gasteiger partial charge in [0.15, 0.2) is 0 Å². The zero-order valence-corrected chi connectivity index (χ0v) is 18.5. The van der Waals surface area contributed by atoms with Gasteiger partial charge in [0.05, 0.1) is 22.2 Å². The lowest BCUT2D eigenvalue weighted by molar-refractivity contribution is 0.0934. The third-order valence-corrected chi connectivity index (χ3v) is 7.41. The smallest absolute Gasteiger partial charge is 0.261 e. The Bertz CT molecular complexity index is 960. The molecule has 2 aromatic rings. The highest BCUT2D eigenvalue weighted by atomic mass is 79.9. The van der Waals surface area contributed by atoms with Crippen LogP contribution in [-0.2, 0) is 10.0 Å². The number of amides is 1. The second-order valence-corrected chi connectivity index (χ2v) is 10.1. The standard InChI is InChI=1S/C19H21BrN2O4S2/c1-26-18-6-5-15(12-17(18)20)22-28(24,25)16-4-2-3-13(11-16)19(23)21-14-7-9-27-10-8-14/h2-6,11-12,14,22H,7-10H2,1H3,(H,21,23). The van der Waals surface area contributed by atoms with Gasteiger partial charge >= 0.3 is 0 Å². The molecule has 0 bridgehead atoms. The maximum atomic E-state index is 12.7. The van der Waals surface area contributed by atoms with Crippen molar-refractivity contribution >= 4 is 49.3 Å². The van der Waals surface area contributed by atoms with Gasteiger partial charge in [-0.15, -0.1) is 0 Å². The van der Waals surface area contributed by atoms with Crippen molar-refractivity contribution in [1.29, 1.82) is 0 Å². The van der Waals surface area contributed by atoms with E-state index in [1.807, 2.05) is 11.8 Å². The molecule has 1 fully saturated rings. The molecule has 9 heteroatoms. The molecule has 0 aliphatic carbocycles. The van der Waals surface area contributed by atoms with Crippen LogP contribution in [0.1, 0.15) is 23.2 Å². The lowest BCUT2D eigenvalue weighted by atomic mass is 10.1. The Hall–Kier alpha value is -1.71. The predicted molar refractivity (Wildman–Crippen MR) is 116 cm³/mol. The summed E-state index contributed by atoms with van der Waals surface area (Å²) < 4.78 is 33.8. The first-order valence-electron chi connectivity index (χ1n) is 8.74. The number of sulfonamides is 1. The quantitative estimate of drug-likeness (QED) is 0.649. The van der Waals surface area contributed by atoms with Gasteiger partial charge in [0.2, 0.25) is 0 Å². The number of hydrogen-bond acceptors (Lipinski definition) is 5. The summed E-state index contributed by atoms with van der Waals surface area (Å²) in [4.78, 5) is 12.5. The molecule has 3 rings (SSSR count). The number of thioether (sulfide) groups is 1. The number of anilines is 1. The van der Waals surface area contributed by atoms with Crippen LogP contribution in [0, 0.1) is 0 Å². The van der Waals surface area contributed by atoms with E-state index < -0.39 is 10.0 Å². The molecule has 1 aliphatic rings. The maximum absolute atomic E-state index is 12.7. The number of benzene rings is 2. The maximum Gasteiger partial charge on any atom is 0.261 e. The van der Waals surface area contributed by atoms with E-state index >= 15 is 0 Å². The first kappa shape index (κ1) is 21.0. The molecule has 0 atom stereocenters. The van der Waals surface area contributed by atoms with Crippen molar-refractivity contribution in [2.24, 2.45) is 0 Å². The van der Waals surface area contributed by atoms with Gasteiger partial charge in [-0.05, 0) is 76.7 Å². The van der Waals surface area contributed by atoms with E-state index in [1.54, 1.807) is 30.3 Å². The third kappa shape index (κ3) is 5.21. The van der Waals surface area contributed by atoms with Gasteiger partial charge in [-0.3, -0.25) is 9.52 Å². The number of hydrogen-bond donors (Lipinski definition) is 2. The minimum atomic E-state index is -3.83. The Morgan fingerprint density at radius 3 is 2.61 bits per heavy atom. The van der Waals surface area contributed by atoms with Crippen LogP contribution in [0.5, 0.6) is 5.75 Å². The summed E-state index contributed by atoms with van der Waals surface area (Å²) in [5, 5.41) is 3.00. The molecule has 1 saturated heterocycles. The van der Waals surface area contributed by atoms with Crippen LogP contribution in [0.3, 0.4) is 0 Å². The summed E-state index contributed by atoms with van der Waals surface area (Å²) in [6.07, 6.45) is 1.87. The van der Waals surface area contributed by atoms with Crippen LogP contribution in [-0.4, -0.2) is 39.0 Å². The van der Waals surface area contributed by atoms with E-state index in [0.29, 0.717) is 21.5 Å². The monoisotopic (exact) mass is 484 g/mol. The van der Waals surface area contributed by atoms with Crippen LogP contribution in [0.2, 0.25) is 0 Å². The van der Waals surface area contributed by atoms with Crippen molar-refractivity contribution < 1.29 is 17.9 Å². The molecule has 0 unspecified atom stereocenters. The predicted octanol–water partition coefficient (Wildman–Crippen LogP) is 3.88. The molecule has 1 aliphatic heterocycles. The van der Waals surface area contributed by atoms with Crippen LogP contribution in [0.25, 0.3) is 0 Å². The van der Waals surface area contributed by atoms with E-state index in [2.05, 4.69) is 26.0 Å². The fourth-order valence-electron chi connectivity index (χ4n) is 2.86. The molecule has 1 heterocycles. The van der Waals surface area contributed by atoms with E-state index in [0.717, 1.165) is 24.3 Å². The lowest BCUT2D eigenvalue weighted by Crippen LogP contribution is -2.37. The first-order chi connectivity index (χ1) is 13.4. The molecule has 6 nitrogen and oxygen atoms in total. The highest BCUT2D eigenvalue weighted by Crippen LogP contribution is 2.29. The molecule has 2 N–H and O–H groups in total. The largest absolute Gasteiger partial charge is 0.496 e. The molecule has 2 aromatic carbocycles. The Kier molecular flexibility index (Phi) is 6.90. The summed E-state index contributed by atoms with van der Waals surface area (Å²) in [5.74, 6) is 2.41. The topological polar surface area (TPSA) is 84.5 Å².